The first kappa shape index (κ1) is 13.4. The molecule has 2 atom stereocenters. The van der Waals surface area contributed by atoms with Gasteiger partial charge in [-0.2, -0.15) is 0 Å². The van der Waals surface area contributed by atoms with E-state index >= 15 is 0 Å². The quantitative estimate of drug-likeness (QED) is 0.856. The molecule has 1 N–H and O–H groups in total. The Morgan fingerprint density at radius 1 is 1.44 bits per heavy atom. The molecule has 0 spiro atoms. The summed E-state index contributed by atoms with van der Waals surface area (Å²) in [5.74, 6) is 1.81. The summed E-state index contributed by atoms with van der Waals surface area (Å²) in [5.41, 5.74) is 3.09. The van der Waals surface area contributed by atoms with Crippen molar-refractivity contribution < 1.29 is 4.74 Å². The van der Waals surface area contributed by atoms with Crippen molar-refractivity contribution in [2.45, 2.75) is 40.2 Å². The van der Waals surface area contributed by atoms with Crippen LogP contribution in [0.2, 0.25) is 0 Å². The highest BCUT2D eigenvalue weighted by Gasteiger charge is 2.44. The molecule has 100 valence electrons. The van der Waals surface area contributed by atoms with Gasteiger partial charge in [0.25, 0.3) is 0 Å². The number of hydrogen-bond donors (Lipinski definition) is 1. The summed E-state index contributed by atoms with van der Waals surface area (Å²) in [4.78, 5) is 0. The first-order valence-electron chi connectivity index (χ1n) is 6.82. The molecule has 2 rings (SSSR count). The molecule has 0 heterocycles. The second-order valence-electron chi connectivity index (χ2n) is 6.26. The molecule has 1 saturated carbocycles. The Morgan fingerprint density at radius 3 is 2.67 bits per heavy atom. The van der Waals surface area contributed by atoms with Crippen molar-refractivity contribution in [3.05, 3.63) is 29.3 Å². The summed E-state index contributed by atoms with van der Waals surface area (Å²) in [6.45, 7) is 10.1. The number of hydrogen-bond acceptors (Lipinski definition) is 2. The third kappa shape index (κ3) is 2.86. The summed E-state index contributed by atoms with van der Waals surface area (Å²) in [5, 5.41) is 3.64. The van der Waals surface area contributed by atoms with Crippen molar-refractivity contribution in [2.24, 2.45) is 11.3 Å². The minimum absolute atomic E-state index is 0.344. The van der Waals surface area contributed by atoms with Gasteiger partial charge in [0.2, 0.25) is 0 Å². The maximum absolute atomic E-state index is 5.44. The molecular formula is C16H25NO. The van der Waals surface area contributed by atoms with Gasteiger partial charge in [-0.05, 0) is 44.2 Å². The Balaban J connectivity index is 1.99. The summed E-state index contributed by atoms with van der Waals surface area (Å²) in [7, 11) is 1.74. The molecule has 0 amide bonds. The topological polar surface area (TPSA) is 21.3 Å². The van der Waals surface area contributed by atoms with Crippen LogP contribution in [0.5, 0.6) is 5.75 Å². The lowest BCUT2D eigenvalue weighted by atomic mass is 10.0. The van der Waals surface area contributed by atoms with E-state index in [-0.39, 0.29) is 0 Å². The molecule has 0 saturated heterocycles. The lowest BCUT2D eigenvalue weighted by molar-refractivity contribution is 0.399. The summed E-state index contributed by atoms with van der Waals surface area (Å²) >= 11 is 0. The van der Waals surface area contributed by atoms with Crippen LogP contribution in [0.1, 0.15) is 44.4 Å². The Kier molecular flexibility index (Phi) is 3.67. The number of ether oxygens (including phenoxy) is 1. The van der Waals surface area contributed by atoms with E-state index in [2.05, 4.69) is 51.2 Å². The largest absolute Gasteiger partial charge is 0.496 e. The fraction of sp³-hybridized carbons (Fsp3) is 0.625. The molecule has 1 aromatic rings. The van der Waals surface area contributed by atoms with Crippen LogP contribution in [-0.4, -0.2) is 13.7 Å². The Labute approximate surface area is 111 Å². The van der Waals surface area contributed by atoms with E-state index in [0.29, 0.717) is 11.5 Å². The molecule has 1 aliphatic rings. The van der Waals surface area contributed by atoms with Crippen LogP contribution in [0.4, 0.5) is 0 Å². The molecule has 0 aliphatic heterocycles. The third-order valence-electron chi connectivity index (χ3n) is 4.24. The predicted molar refractivity (Wildman–Crippen MR) is 76.0 cm³/mol. The SMILES string of the molecule is COc1ccc(C)cc1C(C)NCC1CC1(C)C. The minimum atomic E-state index is 0.344. The van der Waals surface area contributed by atoms with Crippen molar-refractivity contribution in [1.29, 1.82) is 0 Å². The van der Waals surface area contributed by atoms with E-state index in [1.165, 1.54) is 17.5 Å². The molecule has 0 radical (unpaired) electrons. The van der Waals surface area contributed by atoms with Gasteiger partial charge < -0.3 is 10.1 Å². The smallest absolute Gasteiger partial charge is 0.123 e. The number of nitrogens with one attached hydrogen (secondary N) is 1. The second kappa shape index (κ2) is 4.93. The highest BCUT2D eigenvalue weighted by atomic mass is 16.5. The van der Waals surface area contributed by atoms with E-state index in [1.807, 2.05) is 0 Å². The molecule has 2 unspecified atom stereocenters. The Hall–Kier alpha value is -1.02. The molecule has 0 aromatic heterocycles. The standard InChI is InChI=1S/C16H25NO/c1-11-6-7-15(18-5)14(8-11)12(2)17-10-13-9-16(13,3)4/h6-8,12-13,17H,9-10H2,1-5H3. The Bertz CT molecular complexity index is 425. The van der Waals surface area contributed by atoms with E-state index in [9.17, 15) is 0 Å². The van der Waals surface area contributed by atoms with Crippen LogP contribution in [-0.2, 0) is 0 Å². The molecule has 18 heavy (non-hydrogen) atoms. The zero-order valence-electron chi connectivity index (χ0n) is 12.2. The number of aryl methyl sites for hydroxylation is 1. The highest BCUT2D eigenvalue weighted by molar-refractivity contribution is 5.38. The van der Waals surface area contributed by atoms with Crippen LogP contribution < -0.4 is 10.1 Å². The lowest BCUT2D eigenvalue weighted by Crippen LogP contribution is -2.23. The van der Waals surface area contributed by atoms with E-state index in [0.717, 1.165) is 18.2 Å². The highest BCUT2D eigenvalue weighted by Crippen LogP contribution is 2.51. The van der Waals surface area contributed by atoms with Gasteiger partial charge in [-0.1, -0.05) is 31.5 Å². The summed E-state index contributed by atoms with van der Waals surface area (Å²) in [6.07, 6.45) is 1.34. The van der Waals surface area contributed by atoms with E-state index < -0.39 is 0 Å². The van der Waals surface area contributed by atoms with Crippen molar-refractivity contribution in [3.63, 3.8) is 0 Å². The van der Waals surface area contributed by atoms with Gasteiger partial charge in [-0.25, -0.2) is 0 Å². The maximum atomic E-state index is 5.44. The molecule has 1 aliphatic carbocycles. The Morgan fingerprint density at radius 2 is 2.11 bits per heavy atom. The minimum Gasteiger partial charge on any atom is -0.496 e. The predicted octanol–water partition coefficient (Wildman–Crippen LogP) is 3.70. The van der Waals surface area contributed by atoms with E-state index in [1.54, 1.807) is 7.11 Å². The molecule has 1 fully saturated rings. The van der Waals surface area contributed by atoms with Crippen molar-refractivity contribution in [2.75, 3.05) is 13.7 Å². The zero-order chi connectivity index (χ0) is 13.3. The van der Waals surface area contributed by atoms with Gasteiger partial charge in [0.1, 0.15) is 5.75 Å². The first-order chi connectivity index (χ1) is 8.44. The van der Waals surface area contributed by atoms with E-state index in [4.69, 9.17) is 4.74 Å². The fourth-order valence-corrected chi connectivity index (χ4v) is 2.55. The fourth-order valence-electron chi connectivity index (χ4n) is 2.55. The van der Waals surface area contributed by atoms with Crippen LogP contribution in [0.3, 0.4) is 0 Å². The molecule has 1 aromatic carbocycles. The average Bonchev–Trinajstić information content (AvgIpc) is 2.94. The molecule has 2 heteroatoms. The number of benzene rings is 1. The van der Waals surface area contributed by atoms with Gasteiger partial charge in [0, 0.05) is 11.6 Å². The third-order valence-corrected chi connectivity index (χ3v) is 4.24. The zero-order valence-corrected chi connectivity index (χ0v) is 12.2. The molecular weight excluding hydrogens is 222 g/mol. The molecule has 0 bridgehead atoms. The van der Waals surface area contributed by atoms with Crippen LogP contribution >= 0.6 is 0 Å². The summed E-state index contributed by atoms with van der Waals surface area (Å²) in [6, 6.07) is 6.72. The second-order valence-corrected chi connectivity index (χ2v) is 6.26. The first-order valence-corrected chi connectivity index (χ1v) is 6.82. The van der Waals surface area contributed by atoms with Gasteiger partial charge in [0.15, 0.2) is 0 Å². The average molecular weight is 247 g/mol. The number of methoxy groups -OCH3 is 1. The van der Waals surface area contributed by atoms with Crippen molar-refractivity contribution in [3.8, 4) is 5.75 Å². The lowest BCUT2D eigenvalue weighted by Gasteiger charge is -2.18. The number of rotatable bonds is 5. The van der Waals surface area contributed by atoms with Crippen LogP contribution in [0.15, 0.2) is 18.2 Å². The maximum Gasteiger partial charge on any atom is 0.123 e. The van der Waals surface area contributed by atoms with Gasteiger partial charge in [-0.3, -0.25) is 0 Å². The normalized spacial score (nSPS) is 22.6. The van der Waals surface area contributed by atoms with Gasteiger partial charge in [-0.15, -0.1) is 0 Å². The van der Waals surface area contributed by atoms with Crippen LogP contribution in [0, 0.1) is 18.3 Å². The van der Waals surface area contributed by atoms with Crippen molar-refractivity contribution >= 4 is 0 Å². The monoisotopic (exact) mass is 247 g/mol. The van der Waals surface area contributed by atoms with Crippen LogP contribution in [0.25, 0.3) is 0 Å². The van der Waals surface area contributed by atoms with Crippen molar-refractivity contribution in [1.82, 2.24) is 5.32 Å². The van der Waals surface area contributed by atoms with Gasteiger partial charge >= 0.3 is 0 Å². The summed E-state index contributed by atoms with van der Waals surface area (Å²) < 4.78 is 5.44. The van der Waals surface area contributed by atoms with Gasteiger partial charge in [0.05, 0.1) is 7.11 Å². The molecule has 2 nitrogen and oxygen atoms in total.